The van der Waals surface area contributed by atoms with E-state index in [0.717, 1.165) is 23.5 Å². The van der Waals surface area contributed by atoms with Crippen LogP contribution in [0.25, 0.3) is 71.3 Å². The summed E-state index contributed by atoms with van der Waals surface area (Å²) in [6.45, 7) is 0. The van der Waals surface area contributed by atoms with E-state index >= 15 is 0 Å². The summed E-state index contributed by atoms with van der Waals surface area (Å²) in [6, 6.07) is 73.4. The molecule has 274 valence electrons. The van der Waals surface area contributed by atoms with Crippen molar-refractivity contribution in [2.45, 2.75) is 12.3 Å². The summed E-state index contributed by atoms with van der Waals surface area (Å²) >= 11 is 0. The maximum atomic E-state index is 2.47. The van der Waals surface area contributed by atoms with Crippen molar-refractivity contribution in [3.63, 3.8) is 0 Å². The zero-order valence-electron chi connectivity index (χ0n) is 32.0. The van der Waals surface area contributed by atoms with Gasteiger partial charge in [0.25, 0.3) is 0 Å². The minimum absolute atomic E-state index is 0.287. The summed E-state index contributed by atoms with van der Waals surface area (Å²) in [5, 5.41) is 7.51. The summed E-state index contributed by atoms with van der Waals surface area (Å²) in [4.78, 5) is 2.47. The van der Waals surface area contributed by atoms with Crippen molar-refractivity contribution < 1.29 is 0 Å². The van der Waals surface area contributed by atoms with Crippen LogP contribution in [-0.4, -0.2) is 4.57 Å². The number of hydrogen-bond acceptors (Lipinski definition) is 1. The number of aromatic nitrogens is 1. The van der Waals surface area contributed by atoms with E-state index in [1.807, 2.05) is 0 Å². The summed E-state index contributed by atoms with van der Waals surface area (Å²) in [6.07, 6.45) is 9.94. The fourth-order valence-electron chi connectivity index (χ4n) is 9.17. The van der Waals surface area contributed by atoms with E-state index in [2.05, 4.69) is 234 Å². The van der Waals surface area contributed by atoms with E-state index in [-0.39, 0.29) is 5.92 Å². The predicted octanol–water partition coefficient (Wildman–Crippen LogP) is 15.5. The number of para-hydroxylation sites is 2. The number of benzene rings is 9. The minimum Gasteiger partial charge on any atom is -0.310 e. The van der Waals surface area contributed by atoms with E-state index in [4.69, 9.17) is 0 Å². The van der Waals surface area contributed by atoms with Crippen molar-refractivity contribution in [1.82, 2.24) is 4.57 Å². The van der Waals surface area contributed by atoms with E-state index < -0.39 is 0 Å². The molecule has 1 heterocycles. The van der Waals surface area contributed by atoms with Gasteiger partial charge in [-0.05, 0) is 110 Å². The van der Waals surface area contributed by atoms with E-state index in [9.17, 15) is 0 Å². The Bertz CT molecular complexity index is 3210. The Labute approximate surface area is 338 Å². The lowest BCUT2D eigenvalue weighted by Crippen LogP contribution is -2.13. The number of anilines is 3. The molecular formula is C56H40N2. The highest BCUT2D eigenvalue weighted by molar-refractivity contribution is 6.16. The first-order valence-electron chi connectivity index (χ1n) is 20.2. The highest BCUT2D eigenvalue weighted by Crippen LogP contribution is 2.45. The number of fused-ring (bicyclic) bond motifs is 6. The third kappa shape index (κ3) is 5.81. The van der Waals surface area contributed by atoms with E-state index in [1.165, 1.54) is 76.9 Å². The second-order valence-electron chi connectivity index (χ2n) is 15.3. The van der Waals surface area contributed by atoms with Gasteiger partial charge in [-0.15, -0.1) is 0 Å². The van der Waals surface area contributed by atoms with Gasteiger partial charge in [0, 0.05) is 39.4 Å². The Morgan fingerprint density at radius 3 is 2.05 bits per heavy atom. The van der Waals surface area contributed by atoms with Gasteiger partial charge in [0.2, 0.25) is 0 Å². The van der Waals surface area contributed by atoms with Gasteiger partial charge in [-0.25, -0.2) is 0 Å². The molecule has 1 aliphatic carbocycles. The molecule has 0 saturated carbocycles. The SMILES string of the molecule is C1=CCC(c2ccccc2N(c2cccc(-c3cccc4c3c3ccc(-c5ccccc5)cc3n4-c3ccccc3)c2)c2ccc3c(ccc4ccccc43)c2)C=C1. The smallest absolute Gasteiger partial charge is 0.0547 e. The molecule has 58 heavy (non-hydrogen) atoms. The largest absolute Gasteiger partial charge is 0.310 e. The van der Waals surface area contributed by atoms with Gasteiger partial charge in [-0.1, -0.05) is 170 Å². The summed E-state index contributed by atoms with van der Waals surface area (Å²) in [5.74, 6) is 0.287. The summed E-state index contributed by atoms with van der Waals surface area (Å²) in [5.41, 5.74) is 13.1. The molecule has 10 aromatic rings. The first-order chi connectivity index (χ1) is 28.8. The van der Waals surface area contributed by atoms with Gasteiger partial charge in [0.05, 0.1) is 11.0 Å². The van der Waals surface area contributed by atoms with E-state index in [1.54, 1.807) is 0 Å². The average molecular weight is 741 g/mol. The van der Waals surface area contributed by atoms with Crippen molar-refractivity contribution >= 4 is 60.4 Å². The van der Waals surface area contributed by atoms with Crippen molar-refractivity contribution in [1.29, 1.82) is 0 Å². The van der Waals surface area contributed by atoms with Crippen LogP contribution in [0.15, 0.2) is 224 Å². The molecular weight excluding hydrogens is 701 g/mol. The van der Waals surface area contributed by atoms with Gasteiger partial charge in [0.15, 0.2) is 0 Å². The molecule has 1 unspecified atom stereocenters. The molecule has 0 aliphatic heterocycles. The predicted molar refractivity (Wildman–Crippen MR) is 247 cm³/mol. The Kier molecular flexibility index (Phi) is 8.33. The molecule has 1 aliphatic rings. The van der Waals surface area contributed by atoms with Crippen molar-refractivity contribution in [2.75, 3.05) is 4.90 Å². The van der Waals surface area contributed by atoms with Crippen molar-refractivity contribution in [3.8, 4) is 27.9 Å². The van der Waals surface area contributed by atoms with Crippen LogP contribution in [0.4, 0.5) is 17.1 Å². The standard InChI is InChI=1S/C56H40N2/c1-4-16-39(17-5-1)42-32-34-52-55(38-42)58(45-22-8-3-9-23-45)54-29-15-27-51(56(52)54)43-21-14-24-46(36-43)57(53-28-13-12-26-50(53)40-18-6-2-7-19-40)47-33-35-49-44(37-47)31-30-41-20-10-11-25-48(41)49/h1-18,20-38,40H,19H2. The lowest BCUT2D eigenvalue weighted by Gasteiger charge is -2.30. The topological polar surface area (TPSA) is 8.17 Å². The molecule has 2 heteroatoms. The lowest BCUT2D eigenvalue weighted by atomic mass is 9.90. The zero-order chi connectivity index (χ0) is 38.4. The zero-order valence-corrected chi connectivity index (χ0v) is 32.0. The molecule has 2 nitrogen and oxygen atoms in total. The fraction of sp³-hybridized carbons (Fsp3) is 0.0357. The average Bonchev–Trinajstić information content (AvgIpc) is 3.64. The Balaban J connectivity index is 1.12. The Hall–Kier alpha value is -7.42. The third-order valence-corrected chi connectivity index (χ3v) is 11.9. The normalized spacial score (nSPS) is 13.8. The van der Waals surface area contributed by atoms with Gasteiger partial charge in [-0.3, -0.25) is 0 Å². The number of nitrogens with zero attached hydrogens (tertiary/aromatic N) is 2. The lowest BCUT2D eigenvalue weighted by molar-refractivity contribution is 0.852. The third-order valence-electron chi connectivity index (χ3n) is 11.9. The second kappa shape index (κ2) is 14.3. The monoisotopic (exact) mass is 740 g/mol. The first kappa shape index (κ1) is 33.9. The molecule has 0 fully saturated rings. The van der Waals surface area contributed by atoms with Gasteiger partial charge >= 0.3 is 0 Å². The molecule has 9 aromatic carbocycles. The Morgan fingerprint density at radius 1 is 0.448 bits per heavy atom. The van der Waals surface area contributed by atoms with Gasteiger partial charge in [-0.2, -0.15) is 0 Å². The molecule has 0 spiro atoms. The molecule has 0 saturated heterocycles. The number of hydrogen-bond donors (Lipinski definition) is 0. The Morgan fingerprint density at radius 2 is 1.17 bits per heavy atom. The summed E-state index contributed by atoms with van der Waals surface area (Å²) in [7, 11) is 0. The van der Waals surface area contributed by atoms with Gasteiger partial charge < -0.3 is 9.47 Å². The first-order valence-corrected chi connectivity index (χ1v) is 20.2. The van der Waals surface area contributed by atoms with Crippen LogP contribution in [0.3, 0.4) is 0 Å². The number of allylic oxidation sites excluding steroid dienone is 4. The molecule has 0 bridgehead atoms. The molecule has 0 radical (unpaired) electrons. The van der Waals surface area contributed by atoms with Crippen LogP contribution in [0.5, 0.6) is 0 Å². The molecule has 11 rings (SSSR count). The molecule has 1 aromatic heterocycles. The molecule has 0 amide bonds. The maximum absolute atomic E-state index is 2.47. The highest BCUT2D eigenvalue weighted by atomic mass is 15.1. The van der Waals surface area contributed by atoms with Crippen LogP contribution in [-0.2, 0) is 0 Å². The van der Waals surface area contributed by atoms with E-state index in [0.29, 0.717) is 0 Å². The highest BCUT2D eigenvalue weighted by Gasteiger charge is 2.22. The minimum atomic E-state index is 0.287. The fourth-order valence-corrected chi connectivity index (χ4v) is 9.17. The van der Waals surface area contributed by atoms with Gasteiger partial charge in [0.1, 0.15) is 0 Å². The number of rotatable bonds is 7. The van der Waals surface area contributed by atoms with Crippen LogP contribution in [0, 0.1) is 0 Å². The molecule has 0 N–H and O–H groups in total. The molecule has 1 atom stereocenters. The van der Waals surface area contributed by atoms with Crippen LogP contribution in [0.1, 0.15) is 17.9 Å². The maximum Gasteiger partial charge on any atom is 0.0547 e. The van der Waals surface area contributed by atoms with Crippen LogP contribution < -0.4 is 4.90 Å². The van der Waals surface area contributed by atoms with Crippen molar-refractivity contribution in [3.05, 3.63) is 230 Å². The van der Waals surface area contributed by atoms with Crippen LogP contribution >= 0.6 is 0 Å². The quantitative estimate of drug-likeness (QED) is 0.148. The second-order valence-corrected chi connectivity index (χ2v) is 15.3. The van der Waals surface area contributed by atoms with Crippen LogP contribution in [0.2, 0.25) is 0 Å². The van der Waals surface area contributed by atoms with Crippen molar-refractivity contribution in [2.24, 2.45) is 0 Å². The summed E-state index contributed by atoms with van der Waals surface area (Å²) < 4.78 is 2.43.